The summed E-state index contributed by atoms with van der Waals surface area (Å²) in [5.41, 5.74) is -0.0716. The van der Waals surface area contributed by atoms with Crippen LogP contribution in [0.15, 0.2) is 0 Å². The Morgan fingerprint density at radius 2 is 1.91 bits per heavy atom. The molecule has 0 aromatic rings. The maximum atomic E-state index is 9.62. The van der Waals surface area contributed by atoms with Crippen LogP contribution in [0.5, 0.6) is 0 Å². The molecule has 0 aliphatic carbocycles. The number of ether oxygens (including phenoxy) is 1. The number of hydrogen-bond donors (Lipinski definition) is 1. The SMILES string of the molecule is COCCC[C@@H](O)[Si](C)(C)C. The summed E-state index contributed by atoms with van der Waals surface area (Å²) in [6, 6.07) is 0. The summed E-state index contributed by atoms with van der Waals surface area (Å²) in [5, 5.41) is 9.62. The van der Waals surface area contributed by atoms with Crippen LogP contribution < -0.4 is 0 Å². The molecule has 1 atom stereocenters. The Morgan fingerprint density at radius 1 is 1.36 bits per heavy atom. The first kappa shape index (κ1) is 11.1. The molecular weight excluding hydrogens is 156 g/mol. The van der Waals surface area contributed by atoms with Crippen molar-refractivity contribution in [2.24, 2.45) is 0 Å². The van der Waals surface area contributed by atoms with Gasteiger partial charge in [0.15, 0.2) is 0 Å². The number of hydrogen-bond acceptors (Lipinski definition) is 2. The van der Waals surface area contributed by atoms with Crippen molar-refractivity contribution < 1.29 is 9.84 Å². The third-order valence-electron chi connectivity index (χ3n) is 1.83. The molecule has 0 heterocycles. The highest BCUT2D eigenvalue weighted by atomic mass is 28.3. The van der Waals surface area contributed by atoms with E-state index in [0.29, 0.717) is 0 Å². The fourth-order valence-corrected chi connectivity index (χ4v) is 1.92. The third kappa shape index (κ3) is 5.41. The van der Waals surface area contributed by atoms with E-state index >= 15 is 0 Å². The zero-order valence-corrected chi connectivity index (χ0v) is 9.05. The van der Waals surface area contributed by atoms with Crippen LogP contribution in [0, 0.1) is 0 Å². The van der Waals surface area contributed by atoms with Gasteiger partial charge in [-0.05, 0) is 12.8 Å². The Morgan fingerprint density at radius 3 is 2.27 bits per heavy atom. The standard InChI is InChI=1S/C8H20O2Si/c1-10-7-5-6-8(9)11(2,3)4/h8-9H,5-7H2,1-4H3/t8-/m0/s1. The van der Waals surface area contributed by atoms with Gasteiger partial charge in [0, 0.05) is 19.4 Å². The topological polar surface area (TPSA) is 29.5 Å². The van der Waals surface area contributed by atoms with Crippen LogP contribution in [0.3, 0.4) is 0 Å². The molecule has 2 nitrogen and oxygen atoms in total. The Hall–Kier alpha value is 0.137. The lowest BCUT2D eigenvalue weighted by molar-refractivity contribution is 0.168. The van der Waals surface area contributed by atoms with Gasteiger partial charge < -0.3 is 9.84 Å². The number of aliphatic hydroxyl groups is 1. The average molecular weight is 176 g/mol. The molecule has 0 bridgehead atoms. The van der Waals surface area contributed by atoms with E-state index in [9.17, 15) is 5.11 Å². The predicted octanol–water partition coefficient (Wildman–Crippen LogP) is 1.65. The molecule has 3 heteroatoms. The second-order valence-electron chi connectivity index (χ2n) is 4.02. The van der Waals surface area contributed by atoms with Gasteiger partial charge in [-0.2, -0.15) is 0 Å². The van der Waals surface area contributed by atoms with Crippen molar-refractivity contribution in [1.29, 1.82) is 0 Å². The molecule has 68 valence electrons. The smallest absolute Gasteiger partial charge is 0.0781 e. The number of rotatable bonds is 5. The van der Waals surface area contributed by atoms with Gasteiger partial charge in [-0.25, -0.2) is 0 Å². The Labute approximate surface area is 70.6 Å². The molecule has 1 N–H and O–H groups in total. The molecule has 0 spiro atoms. The third-order valence-corrected chi connectivity index (χ3v) is 4.11. The minimum atomic E-state index is -1.31. The van der Waals surface area contributed by atoms with Crippen LogP contribution in [-0.4, -0.2) is 32.6 Å². The van der Waals surface area contributed by atoms with Gasteiger partial charge in [0.25, 0.3) is 0 Å². The van der Waals surface area contributed by atoms with Crippen LogP contribution in [0.2, 0.25) is 19.6 Å². The maximum Gasteiger partial charge on any atom is 0.0781 e. The van der Waals surface area contributed by atoms with E-state index in [-0.39, 0.29) is 5.73 Å². The van der Waals surface area contributed by atoms with Gasteiger partial charge in [-0.15, -0.1) is 0 Å². The van der Waals surface area contributed by atoms with Crippen LogP contribution in [0.1, 0.15) is 12.8 Å². The second-order valence-corrected chi connectivity index (χ2v) is 9.42. The molecule has 0 aromatic carbocycles. The lowest BCUT2D eigenvalue weighted by Gasteiger charge is -2.23. The van der Waals surface area contributed by atoms with E-state index in [2.05, 4.69) is 19.6 Å². The van der Waals surface area contributed by atoms with Gasteiger partial charge in [0.1, 0.15) is 0 Å². The molecule has 0 saturated heterocycles. The van der Waals surface area contributed by atoms with Crippen molar-refractivity contribution in [2.75, 3.05) is 13.7 Å². The summed E-state index contributed by atoms with van der Waals surface area (Å²) in [7, 11) is 0.385. The van der Waals surface area contributed by atoms with Crippen molar-refractivity contribution >= 4 is 8.07 Å². The first-order chi connectivity index (χ1) is 4.98. The maximum absolute atomic E-state index is 9.62. The van der Waals surface area contributed by atoms with Gasteiger partial charge in [0.2, 0.25) is 0 Å². The van der Waals surface area contributed by atoms with Crippen molar-refractivity contribution in [3.8, 4) is 0 Å². The fourth-order valence-electron chi connectivity index (χ4n) is 0.854. The lowest BCUT2D eigenvalue weighted by Crippen LogP contribution is -2.38. The first-order valence-electron chi connectivity index (χ1n) is 4.15. The van der Waals surface area contributed by atoms with Gasteiger partial charge in [-0.3, -0.25) is 0 Å². The van der Waals surface area contributed by atoms with Crippen molar-refractivity contribution in [3.05, 3.63) is 0 Å². The second kappa shape index (κ2) is 4.90. The number of aliphatic hydroxyl groups excluding tert-OH is 1. The minimum absolute atomic E-state index is 0.0716. The monoisotopic (exact) mass is 176 g/mol. The van der Waals surface area contributed by atoms with Crippen molar-refractivity contribution in [1.82, 2.24) is 0 Å². The van der Waals surface area contributed by atoms with Gasteiger partial charge in [-0.1, -0.05) is 19.6 Å². The normalized spacial score (nSPS) is 15.0. The molecule has 0 fully saturated rings. The molecule has 0 aliphatic rings. The predicted molar refractivity (Wildman–Crippen MR) is 50.5 cm³/mol. The zero-order chi connectivity index (χ0) is 8.91. The van der Waals surface area contributed by atoms with Crippen LogP contribution >= 0.6 is 0 Å². The Kier molecular flexibility index (Phi) is 4.96. The van der Waals surface area contributed by atoms with Crippen LogP contribution in [-0.2, 0) is 4.74 Å². The van der Waals surface area contributed by atoms with E-state index < -0.39 is 8.07 Å². The highest BCUT2D eigenvalue weighted by Gasteiger charge is 2.23. The van der Waals surface area contributed by atoms with E-state index in [1.165, 1.54) is 0 Å². The molecular formula is C8H20O2Si. The summed E-state index contributed by atoms with van der Waals surface area (Å²) in [4.78, 5) is 0. The zero-order valence-electron chi connectivity index (χ0n) is 8.05. The van der Waals surface area contributed by atoms with Crippen molar-refractivity contribution in [2.45, 2.75) is 38.2 Å². The minimum Gasteiger partial charge on any atom is -0.397 e. The highest BCUT2D eigenvalue weighted by Crippen LogP contribution is 2.12. The highest BCUT2D eigenvalue weighted by molar-refractivity contribution is 6.77. The Balaban J connectivity index is 3.44. The quantitative estimate of drug-likeness (QED) is 0.510. The molecule has 0 rings (SSSR count). The first-order valence-corrected chi connectivity index (χ1v) is 7.73. The molecule has 0 aromatic heterocycles. The lowest BCUT2D eigenvalue weighted by atomic mass is 10.3. The molecule has 0 saturated carbocycles. The average Bonchev–Trinajstić information content (AvgIpc) is 1.86. The summed E-state index contributed by atoms with van der Waals surface area (Å²) in [5.74, 6) is 0. The Bertz CT molecular complexity index is 98.8. The molecule has 0 amide bonds. The largest absolute Gasteiger partial charge is 0.397 e. The molecule has 0 radical (unpaired) electrons. The van der Waals surface area contributed by atoms with Crippen LogP contribution in [0.4, 0.5) is 0 Å². The van der Waals surface area contributed by atoms with Crippen molar-refractivity contribution in [3.63, 3.8) is 0 Å². The summed E-state index contributed by atoms with van der Waals surface area (Å²) in [6.45, 7) is 7.32. The van der Waals surface area contributed by atoms with E-state index in [4.69, 9.17) is 4.74 Å². The number of methoxy groups -OCH3 is 1. The molecule has 0 unspecified atom stereocenters. The summed E-state index contributed by atoms with van der Waals surface area (Å²) < 4.78 is 4.91. The molecule has 0 aliphatic heterocycles. The van der Waals surface area contributed by atoms with Gasteiger partial charge >= 0.3 is 0 Å². The van der Waals surface area contributed by atoms with Crippen LogP contribution in [0.25, 0.3) is 0 Å². The van der Waals surface area contributed by atoms with E-state index in [1.54, 1.807) is 7.11 Å². The van der Waals surface area contributed by atoms with Gasteiger partial charge in [0.05, 0.1) is 8.07 Å². The fraction of sp³-hybridized carbons (Fsp3) is 1.00. The molecule has 11 heavy (non-hydrogen) atoms. The van der Waals surface area contributed by atoms with E-state index in [0.717, 1.165) is 19.4 Å². The van der Waals surface area contributed by atoms with E-state index in [1.807, 2.05) is 0 Å². The summed E-state index contributed by atoms with van der Waals surface area (Å²) in [6.07, 6.45) is 1.87. The summed E-state index contributed by atoms with van der Waals surface area (Å²) >= 11 is 0.